The van der Waals surface area contributed by atoms with E-state index in [4.69, 9.17) is 5.11 Å². The van der Waals surface area contributed by atoms with E-state index in [1.807, 2.05) is 6.07 Å². The number of rotatable bonds is 4. The summed E-state index contributed by atoms with van der Waals surface area (Å²) in [6.07, 6.45) is 2.19. The fourth-order valence-corrected chi connectivity index (χ4v) is 2.31. The summed E-state index contributed by atoms with van der Waals surface area (Å²) in [7, 11) is 0. The van der Waals surface area contributed by atoms with Crippen LogP contribution in [0.15, 0.2) is 24.3 Å². The molecule has 2 N–H and O–H groups in total. The molecule has 0 heterocycles. The van der Waals surface area contributed by atoms with Crippen LogP contribution in [0.4, 0.5) is 0 Å². The summed E-state index contributed by atoms with van der Waals surface area (Å²) in [5.41, 5.74) is 0.942. The second-order valence-corrected chi connectivity index (χ2v) is 4.59. The number of carboxylic acids is 1. The van der Waals surface area contributed by atoms with Crippen LogP contribution in [-0.4, -0.2) is 16.2 Å². The first-order valence-electron chi connectivity index (χ1n) is 5.61. The molecule has 16 heavy (non-hydrogen) atoms. The Morgan fingerprint density at radius 2 is 2.12 bits per heavy atom. The number of hydrogen-bond donors (Lipinski definition) is 2. The largest absolute Gasteiger partial charge is 0.508 e. The molecular weight excluding hydrogens is 204 g/mol. The van der Waals surface area contributed by atoms with E-state index < -0.39 is 11.9 Å². The normalized spacial score (nSPS) is 19.1. The highest BCUT2D eigenvalue weighted by Gasteiger charge is 2.38. The lowest BCUT2D eigenvalue weighted by Crippen LogP contribution is -2.20. The number of carboxylic acid groups (broad SMARTS) is 1. The highest BCUT2D eigenvalue weighted by atomic mass is 16.4. The maximum absolute atomic E-state index is 11.1. The van der Waals surface area contributed by atoms with Gasteiger partial charge in [-0.25, -0.2) is 0 Å². The molecule has 1 fully saturated rings. The van der Waals surface area contributed by atoms with Crippen LogP contribution in [0.5, 0.6) is 5.75 Å². The van der Waals surface area contributed by atoms with Crippen LogP contribution in [0.25, 0.3) is 0 Å². The maximum Gasteiger partial charge on any atom is 0.306 e. The maximum atomic E-state index is 11.1. The fourth-order valence-electron chi connectivity index (χ4n) is 2.31. The van der Waals surface area contributed by atoms with Crippen LogP contribution >= 0.6 is 0 Å². The van der Waals surface area contributed by atoms with Gasteiger partial charge in [-0.05, 0) is 42.4 Å². The van der Waals surface area contributed by atoms with Crippen molar-refractivity contribution in [1.29, 1.82) is 0 Å². The Hall–Kier alpha value is -1.51. The minimum Gasteiger partial charge on any atom is -0.508 e. The minimum atomic E-state index is -0.764. The molecule has 1 unspecified atom stereocenters. The molecule has 3 heteroatoms. The van der Waals surface area contributed by atoms with Crippen molar-refractivity contribution in [3.8, 4) is 5.75 Å². The van der Waals surface area contributed by atoms with Crippen LogP contribution < -0.4 is 0 Å². The first-order chi connectivity index (χ1) is 7.59. The van der Waals surface area contributed by atoms with Gasteiger partial charge in [-0.3, -0.25) is 4.79 Å². The fraction of sp³-hybridized carbons (Fsp3) is 0.462. The molecule has 86 valence electrons. The Balaban J connectivity index is 2.28. The Bertz CT molecular complexity index is 396. The molecule has 0 aliphatic heterocycles. The van der Waals surface area contributed by atoms with E-state index in [2.05, 4.69) is 0 Å². The molecule has 2 atom stereocenters. The van der Waals surface area contributed by atoms with Gasteiger partial charge < -0.3 is 10.2 Å². The lowest BCUT2D eigenvalue weighted by Gasteiger charge is -2.21. The molecule has 0 spiro atoms. The van der Waals surface area contributed by atoms with Gasteiger partial charge in [0.1, 0.15) is 5.75 Å². The Morgan fingerprint density at radius 3 is 2.62 bits per heavy atom. The van der Waals surface area contributed by atoms with Crippen molar-refractivity contribution in [2.24, 2.45) is 11.8 Å². The van der Waals surface area contributed by atoms with Crippen molar-refractivity contribution in [3.05, 3.63) is 29.8 Å². The highest BCUT2D eigenvalue weighted by molar-refractivity contribution is 5.71. The van der Waals surface area contributed by atoms with Gasteiger partial charge >= 0.3 is 5.97 Å². The number of phenolic OH excluding ortho intramolecular Hbond substituents is 1. The topological polar surface area (TPSA) is 57.5 Å². The van der Waals surface area contributed by atoms with Crippen molar-refractivity contribution >= 4 is 5.97 Å². The van der Waals surface area contributed by atoms with Gasteiger partial charge in [0.15, 0.2) is 0 Å². The third-order valence-electron chi connectivity index (χ3n) is 3.31. The molecule has 0 bridgehead atoms. The molecule has 0 aromatic heterocycles. The first-order valence-corrected chi connectivity index (χ1v) is 5.61. The summed E-state index contributed by atoms with van der Waals surface area (Å²) < 4.78 is 0. The summed E-state index contributed by atoms with van der Waals surface area (Å²) in [6.45, 7) is 1.75. The zero-order valence-corrected chi connectivity index (χ0v) is 9.26. The minimum absolute atomic E-state index is 0.0320. The number of aromatic hydroxyl groups is 1. The molecule has 2 rings (SSSR count). The molecule has 0 radical (unpaired) electrons. The van der Waals surface area contributed by atoms with Crippen LogP contribution in [0.2, 0.25) is 0 Å². The smallest absolute Gasteiger partial charge is 0.306 e. The lowest BCUT2D eigenvalue weighted by molar-refractivity contribution is -0.142. The highest BCUT2D eigenvalue weighted by Crippen LogP contribution is 2.47. The van der Waals surface area contributed by atoms with Gasteiger partial charge in [-0.15, -0.1) is 0 Å². The summed E-state index contributed by atoms with van der Waals surface area (Å²) in [5.74, 6) is -0.451. The second-order valence-electron chi connectivity index (χ2n) is 4.59. The Kier molecular flexibility index (Phi) is 2.86. The molecule has 3 nitrogen and oxygen atoms in total. The van der Waals surface area contributed by atoms with Gasteiger partial charge in [0.25, 0.3) is 0 Å². The van der Waals surface area contributed by atoms with E-state index >= 15 is 0 Å². The molecule has 1 aliphatic carbocycles. The number of benzene rings is 1. The van der Waals surface area contributed by atoms with Crippen molar-refractivity contribution in [1.82, 2.24) is 0 Å². The molecule has 1 saturated carbocycles. The first kappa shape index (κ1) is 11.0. The molecule has 1 aromatic carbocycles. The molecule has 0 amide bonds. The van der Waals surface area contributed by atoms with E-state index in [9.17, 15) is 9.90 Å². The van der Waals surface area contributed by atoms with Crippen LogP contribution in [-0.2, 0) is 4.79 Å². The predicted molar refractivity (Wildman–Crippen MR) is 60.4 cm³/mol. The van der Waals surface area contributed by atoms with Gasteiger partial charge in [0.05, 0.1) is 5.92 Å². The van der Waals surface area contributed by atoms with Crippen LogP contribution in [0.3, 0.4) is 0 Å². The van der Waals surface area contributed by atoms with E-state index in [0.717, 1.165) is 18.4 Å². The van der Waals surface area contributed by atoms with E-state index in [0.29, 0.717) is 5.92 Å². The average Bonchev–Trinajstić information content (AvgIpc) is 3.02. The molecule has 0 saturated heterocycles. The zero-order valence-electron chi connectivity index (χ0n) is 9.26. The number of aliphatic carboxylic acids is 1. The number of hydrogen-bond acceptors (Lipinski definition) is 2. The van der Waals surface area contributed by atoms with E-state index in [1.165, 1.54) is 0 Å². The molecule has 1 aliphatic rings. The van der Waals surface area contributed by atoms with Crippen molar-refractivity contribution in [2.75, 3.05) is 0 Å². The Morgan fingerprint density at radius 1 is 1.44 bits per heavy atom. The van der Waals surface area contributed by atoms with Gasteiger partial charge in [0, 0.05) is 0 Å². The molecular formula is C13H16O3. The summed E-state index contributed by atoms with van der Waals surface area (Å²) in [6, 6.07) is 6.97. The monoisotopic (exact) mass is 220 g/mol. The summed E-state index contributed by atoms with van der Waals surface area (Å²) in [5, 5.41) is 18.5. The SMILES string of the molecule is CC(C(=O)O)[C@H](c1cccc(O)c1)C1CC1. The lowest BCUT2D eigenvalue weighted by atomic mass is 9.83. The van der Waals surface area contributed by atoms with Crippen molar-refractivity contribution in [3.63, 3.8) is 0 Å². The van der Waals surface area contributed by atoms with Crippen LogP contribution in [0, 0.1) is 11.8 Å². The number of carbonyl (C=O) groups is 1. The summed E-state index contributed by atoms with van der Waals surface area (Å²) in [4.78, 5) is 11.1. The van der Waals surface area contributed by atoms with Gasteiger partial charge in [-0.2, -0.15) is 0 Å². The van der Waals surface area contributed by atoms with Crippen molar-refractivity contribution < 1.29 is 15.0 Å². The third-order valence-corrected chi connectivity index (χ3v) is 3.31. The predicted octanol–water partition coefficient (Wildman–Crippen LogP) is 2.61. The third kappa shape index (κ3) is 2.18. The van der Waals surface area contributed by atoms with Crippen molar-refractivity contribution in [2.45, 2.75) is 25.7 Å². The van der Waals surface area contributed by atoms with Gasteiger partial charge in [-0.1, -0.05) is 19.1 Å². The second kappa shape index (κ2) is 4.16. The number of phenols is 1. The zero-order chi connectivity index (χ0) is 11.7. The van der Waals surface area contributed by atoms with Gasteiger partial charge in [0.2, 0.25) is 0 Å². The standard InChI is InChI=1S/C13H16O3/c1-8(13(15)16)12(9-5-6-9)10-3-2-4-11(14)7-10/h2-4,7-9,12,14H,5-6H2,1H3,(H,15,16)/t8?,12-/m0/s1. The Labute approximate surface area is 94.7 Å². The van der Waals surface area contributed by atoms with Crippen LogP contribution in [0.1, 0.15) is 31.2 Å². The summed E-state index contributed by atoms with van der Waals surface area (Å²) >= 11 is 0. The quantitative estimate of drug-likeness (QED) is 0.820. The average molecular weight is 220 g/mol. The van der Waals surface area contributed by atoms with E-state index in [-0.39, 0.29) is 11.7 Å². The van der Waals surface area contributed by atoms with E-state index in [1.54, 1.807) is 25.1 Å². The molecule has 1 aromatic rings.